The normalized spacial score (nSPS) is 13.4. The lowest BCUT2D eigenvalue weighted by atomic mass is 9.79. The van der Waals surface area contributed by atoms with Gasteiger partial charge in [0.25, 0.3) is 0 Å². The Balaban J connectivity index is 0.00000137. The maximum atomic E-state index is 13.5. The van der Waals surface area contributed by atoms with Crippen molar-refractivity contribution in [3.05, 3.63) is 77.4 Å². The third kappa shape index (κ3) is 7.25. The summed E-state index contributed by atoms with van der Waals surface area (Å²) < 4.78 is 5.70. The first-order valence-electron chi connectivity index (χ1n) is 11.8. The quantitative estimate of drug-likeness (QED) is 0.401. The van der Waals surface area contributed by atoms with Gasteiger partial charge < -0.3 is 15.2 Å². The zero-order valence-electron chi connectivity index (χ0n) is 21.3. The second kappa shape index (κ2) is 12.3. The molecule has 6 heteroatoms. The lowest BCUT2D eigenvalue weighted by Gasteiger charge is -2.39. The smallest absolute Gasteiger partial charge is 0.373 e. The molecule has 0 fully saturated rings. The van der Waals surface area contributed by atoms with Crippen LogP contribution in [0.4, 0.5) is 5.69 Å². The lowest BCUT2D eigenvalue weighted by Crippen LogP contribution is -2.53. The van der Waals surface area contributed by atoms with Crippen LogP contribution in [0.25, 0.3) is 10.8 Å². The monoisotopic (exact) mass is 477 g/mol. The fourth-order valence-corrected chi connectivity index (χ4v) is 4.26. The van der Waals surface area contributed by atoms with Crippen molar-refractivity contribution in [2.24, 2.45) is 5.92 Å². The van der Waals surface area contributed by atoms with Crippen LogP contribution >= 0.6 is 0 Å². The number of aliphatic hydroxyl groups is 1. The Kier molecular flexibility index (Phi) is 9.76. The number of fused-ring (bicyclic) bond motifs is 1. The van der Waals surface area contributed by atoms with Crippen LogP contribution in [-0.2, 0) is 19.1 Å². The minimum Gasteiger partial charge on any atom is -0.461 e. The Morgan fingerprint density at radius 2 is 1.51 bits per heavy atom. The van der Waals surface area contributed by atoms with Crippen molar-refractivity contribution in [2.45, 2.75) is 65.7 Å². The molecule has 0 aromatic heterocycles. The van der Waals surface area contributed by atoms with E-state index >= 15 is 0 Å². The van der Waals surface area contributed by atoms with Crippen LogP contribution in [0.3, 0.4) is 0 Å². The van der Waals surface area contributed by atoms with E-state index in [1.54, 1.807) is 0 Å². The van der Waals surface area contributed by atoms with E-state index < -0.39 is 11.6 Å². The third-order valence-electron chi connectivity index (χ3n) is 5.96. The Labute approximate surface area is 207 Å². The van der Waals surface area contributed by atoms with Gasteiger partial charge in [0.15, 0.2) is 0 Å². The summed E-state index contributed by atoms with van der Waals surface area (Å²) in [5, 5.41) is 16.9. The average molecular weight is 478 g/mol. The molecule has 1 unspecified atom stereocenters. The first kappa shape index (κ1) is 27.8. The third-order valence-corrected chi connectivity index (χ3v) is 5.96. The lowest BCUT2D eigenvalue weighted by molar-refractivity contribution is -0.191. The van der Waals surface area contributed by atoms with Gasteiger partial charge in [-0.3, -0.25) is 0 Å². The Morgan fingerprint density at radius 1 is 0.943 bits per heavy atom. The van der Waals surface area contributed by atoms with Crippen LogP contribution in [0.5, 0.6) is 0 Å². The second-order valence-electron chi connectivity index (χ2n) is 9.49. The molecule has 0 saturated heterocycles. The van der Waals surface area contributed by atoms with Crippen LogP contribution in [0.15, 0.2) is 60.7 Å². The fraction of sp³-hybridized carbons (Fsp3) is 0.379. The molecule has 2 N–H and O–H groups in total. The molecule has 0 spiro atoms. The van der Waals surface area contributed by atoms with Crippen molar-refractivity contribution in [3.8, 4) is 0 Å². The van der Waals surface area contributed by atoms with E-state index in [0.29, 0.717) is 0 Å². The van der Waals surface area contributed by atoms with Gasteiger partial charge >= 0.3 is 12.1 Å². The summed E-state index contributed by atoms with van der Waals surface area (Å²) in [6.45, 7) is 11.7. The van der Waals surface area contributed by atoms with Crippen LogP contribution in [-0.4, -0.2) is 28.9 Å². The van der Waals surface area contributed by atoms with Gasteiger partial charge in [0.05, 0.1) is 12.2 Å². The highest BCUT2D eigenvalue weighted by Crippen LogP contribution is 2.36. The number of rotatable bonds is 8. The van der Waals surface area contributed by atoms with Gasteiger partial charge in [0.2, 0.25) is 0 Å². The van der Waals surface area contributed by atoms with Crippen molar-refractivity contribution < 1.29 is 24.2 Å². The minimum absolute atomic E-state index is 0.121. The maximum Gasteiger partial charge on any atom is 0.373 e. The number of benzene rings is 3. The summed E-state index contributed by atoms with van der Waals surface area (Å²) >= 11 is 0. The zero-order valence-corrected chi connectivity index (χ0v) is 21.3. The number of anilines is 1. The first-order valence-corrected chi connectivity index (χ1v) is 11.8. The number of esters is 1. The molecule has 3 aromatic rings. The molecular formula is C29H35NO5. The number of hydrogen-bond donors (Lipinski definition) is 2. The van der Waals surface area contributed by atoms with E-state index in [9.17, 15) is 9.90 Å². The SMILES string of the molecule is Cc1cc(C)cc(NC(C[C@@H](O)c2ccc3ccccc3c2)(C(=O)OC(C)C)C(C)C)c1.O=C=O. The molecule has 3 aromatic carbocycles. The molecule has 186 valence electrons. The summed E-state index contributed by atoms with van der Waals surface area (Å²) in [7, 11) is 0. The summed E-state index contributed by atoms with van der Waals surface area (Å²) in [5.41, 5.74) is 2.76. The molecular weight excluding hydrogens is 442 g/mol. The summed E-state index contributed by atoms with van der Waals surface area (Å²) in [5.74, 6) is -0.467. The van der Waals surface area contributed by atoms with Gasteiger partial charge in [0.1, 0.15) is 5.54 Å². The van der Waals surface area contributed by atoms with Crippen LogP contribution in [0.2, 0.25) is 0 Å². The van der Waals surface area contributed by atoms with Crippen LogP contribution in [0, 0.1) is 19.8 Å². The van der Waals surface area contributed by atoms with Gasteiger partial charge in [-0.15, -0.1) is 0 Å². The Bertz CT molecular complexity index is 1160. The topological polar surface area (TPSA) is 92.7 Å². The van der Waals surface area contributed by atoms with Crippen LogP contribution < -0.4 is 5.32 Å². The van der Waals surface area contributed by atoms with E-state index in [1.165, 1.54) is 0 Å². The van der Waals surface area contributed by atoms with Gasteiger partial charge in [0, 0.05) is 12.1 Å². The molecule has 0 aliphatic rings. The molecule has 35 heavy (non-hydrogen) atoms. The highest BCUT2D eigenvalue weighted by atomic mass is 16.5. The molecule has 0 radical (unpaired) electrons. The van der Waals surface area contributed by atoms with E-state index in [2.05, 4.69) is 11.4 Å². The van der Waals surface area contributed by atoms with Crippen molar-refractivity contribution in [1.82, 2.24) is 0 Å². The number of carbonyl (C=O) groups is 1. The number of hydrogen-bond acceptors (Lipinski definition) is 6. The highest BCUT2D eigenvalue weighted by Gasteiger charge is 2.45. The van der Waals surface area contributed by atoms with Gasteiger partial charge in [-0.1, -0.05) is 56.3 Å². The number of aryl methyl sites for hydroxylation is 2. The number of ether oxygens (including phenoxy) is 1. The largest absolute Gasteiger partial charge is 0.461 e. The molecule has 0 amide bonds. The summed E-state index contributed by atoms with van der Waals surface area (Å²) in [6.07, 6.45) is -0.638. The number of aliphatic hydroxyl groups excluding tert-OH is 1. The van der Waals surface area contributed by atoms with E-state index in [1.807, 2.05) is 96.1 Å². The molecule has 0 aliphatic heterocycles. The second-order valence-corrected chi connectivity index (χ2v) is 9.49. The molecule has 2 atom stereocenters. The van der Waals surface area contributed by atoms with E-state index in [0.717, 1.165) is 33.2 Å². The maximum absolute atomic E-state index is 13.5. The molecule has 6 nitrogen and oxygen atoms in total. The van der Waals surface area contributed by atoms with E-state index in [4.69, 9.17) is 14.3 Å². The average Bonchev–Trinajstić information content (AvgIpc) is 2.77. The number of carbonyl (C=O) groups excluding carboxylic acids is 3. The Morgan fingerprint density at radius 3 is 2.06 bits per heavy atom. The first-order chi connectivity index (χ1) is 16.5. The molecule has 0 bridgehead atoms. The standard InChI is InChI=1S/C28H35NO3.CO2/c1-18(2)28(27(31)32-19(3)4,29-25-14-20(5)13-21(6)15-25)17-26(30)24-12-11-22-9-7-8-10-23(22)16-24;2-1-3/h7-16,18-19,26,29-30H,17H2,1-6H3;/t26-,28?;/m1./s1. The highest BCUT2D eigenvalue weighted by molar-refractivity contribution is 5.86. The zero-order chi connectivity index (χ0) is 26.2. The fourth-order valence-electron chi connectivity index (χ4n) is 4.26. The van der Waals surface area contributed by atoms with Crippen LogP contribution in [0.1, 0.15) is 56.9 Å². The van der Waals surface area contributed by atoms with Gasteiger partial charge in [-0.2, -0.15) is 9.59 Å². The number of nitrogens with one attached hydrogen (secondary N) is 1. The van der Waals surface area contributed by atoms with Crippen molar-refractivity contribution in [3.63, 3.8) is 0 Å². The minimum atomic E-state index is -1.09. The van der Waals surface area contributed by atoms with Crippen molar-refractivity contribution in [2.75, 3.05) is 5.32 Å². The van der Waals surface area contributed by atoms with E-state index in [-0.39, 0.29) is 30.6 Å². The Hall–Kier alpha value is -3.47. The molecule has 0 saturated carbocycles. The van der Waals surface area contributed by atoms with Crippen molar-refractivity contribution >= 4 is 28.6 Å². The molecule has 3 rings (SSSR count). The van der Waals surface area contributed by atoms with Gasteiger partial charge in [-0.05, 0) is 79.3 Å². The summed E-state index contributed by atoms with van der Waals surface area (Å²) in [6, 6.07) is 20.1. The summed E-state index contributed by atoms with van der Waals surface area (Å²) in [4.78, 5) is 29.7. The predicted molar refractivity (Wildman–Crippen MR) is 137 cm³/mol. The predicted octanol–water partition coefficient (Wildman–Crippen LogP) is 5.76. The molecule has 0 aliphatic carbocycles. The van der Waals surface area contributed by atoms with Gasteiger partial charge in [-0.25, -0.2) is 4.79 Å². The molecule has 0 heterocycles. The van der Waals surface area contributed by atoms with Crippen molar-refractivity contribution in [1.29, 1.82) is 0 Å².